The molecule has 0 unspecified atom stereocenters. The van der Waals surface area contributed by atoms with Crippen LogP contribution in [0.25, 0.3) is 5.57 Å². The van der Waals surface area contributed by atoms with Gasteiger partial charge in [-0.3, -0.25) is 4.79 Å². The number of rotatable bonds is 2. The lowest BCUT2D eigenvalue weighted by Gasteiger charge is -2.35. The Kier molecular flexibility index (Phi) is 4.97. The quantitative estimate of drug-likeness (QED) is 0.711. The van der Waals surface area contributed by atoms with Crippen molar-refractivity contribution in [3.8, 4) is 0 Å². The predicted octanol–water partition coefficient (Wildman–Crippen LogP) is 4.45. The van der Waals surface area contributed by atoms with Crippen LogP contribution in [0.3, 0.4) is 0 Å². The zero-order valence-corrected chi connectivity index (χ0v) is 15.6. The van der Waals surface area contributed by atoms with Crippen LogP contribution >= 0.6 is 11.3 Å². The number of amidine groups is 1. The average molecular weight is 426 g/mol. The van der Waals surface area contributed by atoms with Gasteiger partial charge in [-0.15, -0.1) is 11.3 Å². The summed E-state index contributed by atoms with van der Waals surface area (Å²) in [6, 6.07) is -1.61. The number of anilines is 1. The molecule has 3 heterocycles. The van der Waals surface area contributed by atoms with E-state index in [-0.39, 0.29) is 29.6 Å². The lowest BCUT2D eigenvalue weighted by atomic mass is 9.84. The lowest BCUT2D eigenvalue weighted by Crippen LogP contribution is -2.48. The van der Waals surface area contributed by atoms with Crippen molar-refractivity contribution >= 4 is 34.5 Å². The normalized spacial score (nSPS) is 22.3. The molecule has 2 aliphatic heterocycles. The van der Waals surface area contributed by atoms with Gasteiger partial charge in [0.1, 0.15) is 22.7 Å². The number of nitrogens with zero attached hydrogens (tertiary/aromatic N) is 3. The number of amides is 1. The number of halogens is 6. The Labute approximate surface area is 160 Å². The van der Waals surface area contributed by atoms with Crippen molar-refractivity contribution in [2.75, 3.05) is 11.9 Å². The summed E-state index contributed by atoms with van der Waals surface area (Å²) in [6.07, 6.45) is -7.67. The Bertz CT molecular complexity index is 839. The second-order valence-electron chi connectivity index (χ2n) is 7.00. The molecule has 1 atom stereocenters. The molecule has 12 heteroatoms. The van der Waals surface area contributed by atoms with Gasteiger partial charge in [0.15, 0.2) is 0 Å². The number of likely N-dealkylation sites (tertiary alicyclic amines) is 1. The topological polar surface area (TPSA) is 57.6 Å². The minimum atomic E-state index is -5.05. The van der Waals surface area contributed by atoms with E-state index in [1.807, 2.05) is 0 Å². The smallest absolute Gasteiger partial charge is 0.347 e. The van der Waals surface area contributed by atoms with E-state index in [1.54, 1.807) is 19.2 Å². The van der Waals surface area contributed by atoms with Crippen LogP contribution in [0.4, 0.5) is 32.2 Å². The third-order valence-electron chi connectivity index (χ3n) is 4.68. The van der Waals surface area contributed by atoms with Gasteiger partial charge >= 0.3 is 18.3 Å². The third kappa shape index (κ3) is 3.74. The van der Waals surface area contributed by atoms with E-state index in [2.05, 4.69) is 9.98 Å². The summed E-state index contributed by atoms with van der Waals surface area (Å²) >= 11 is 0.977. The summed E-state index contributed by atoms with van der Waals surface area (Å²) in [5, 5.41) is 3.18. The van der Waals surface area contributed by atoms with Gasteiger partial charge < -0.3 is 10.2 Å². The van der Waals surface area contributed by atoms with Crippen molar-refractivity contribution in [3.05, 3.63) is 16.6 Å². The number of carbonyl (C=O) groups is 1. The van der Waals surface area contributed by atoms with Crippen LogP contribution in [0.15, 0.2) is 16.6 Å². The maximum Gasteiger partial charge on any atom is 0.471 e. The van der Waals surface area contributed by atoms with Crippen LogP contribution in [-0.2, 0) is 4.79 Å². The zero-order valence-electron chi connectivity index (χ0n) is 14.8. The highest BCUT2D eigenvalue weighted by Gasteiger charge is 2.51. The van der Waals surface area contributed by atoms with E-state index in [4.69, 9.17) is 0 Å². The Morgan fingerprint density at radius 1 is 1.29 bits per heavy atom. The number of aliphatic imine (C=N–C) groups is 1. The molecule has 0 bridgehead atoms. The standard InChI is InChI=1S/C16H16F6N4OS/c1-14(2)8(11-24-10(7-28-11)25-13(27)16(20,21)22)6-23-12(14)26-5-3-4-9(26)15(17,18)19/h6-7,9H,3-5H2,1-2H3,(H,25,27)/t9-/m0/s1. The summed E-state index contributed by atoms with van der Waals surface area (Å²) in [5.74, 6) is -2.17. The summed E-state index contributed by atoms with van der Waals surface area (Å²) in [5.41, 5.74) is -0.440. The molecule has 0 radical (unpaired) electrons. The van der Waals surface area contributed by atoms with Gasteiger partial charge in [-0.05, 0) is 26.7 Å². The summed E-state index contributed by atoms with van der Waals surface area (Å²) in [7, 11) is 0. The molecule has 2 aliphatic rings. The van der Waals surface area contributed by atoms with E-state index in [0.29, 0.717) is 12.0 Å². The van der Waals surface area contributed by atoms with E-state index in [9.17, 15) is 31.1 Å². The van der Waals surface area contributed by atoms with Gasteiger partial charge in [-0.1, -0.05) is 0 Å². The van der Waals surface area contributed by atoms with Gasteiger partial charge in [-0.25, -0.2) is 9.98 Å². The van der Waals surface area contributed by atoms with Gasteiger partial charge in [0.25, 0.3) is 0 Å². The molecule has 154 valence electrons. The summed E-state index contributed by atoms with van der Waals surface area (Å²) in [6.45, 7) is 3.59. The monoisotopic (exact) mass is 426 g/mol. The Morgan fingerprint density at radius 3 is 2.57 bits per heavy atom. The fourth-order valence-corrected chi connectivity index (χ4v) is 4.25. The van der Waals surface area contributed by atoms with Crippen molar-refractivity contribution in [1.29, 1.82) is 0 Å². The van der Waals surface area contributed by atoms with Crippen LogP contribution in [-0.4, -0.2) is 46.6 Å². The van der Waals surface area contributed by atoms with Crippen LogP contribution in [0.2, 0.25) is 0 Å². The number of hydrogen-bond acceptors (Lipinski definition) is 5. The van der Waals surface area contributed by atoms with Gasteiger partial charge in [0.2, 0.25) is 0 Å². The number of thiazole rings is 1. The fraction of sp³-hybridized carbons (Fsp3) is 0.562. The molecule has 1 amide bonds. The Morgan fingerprint density at radius 2 is 1.96 bits per heavy atom. The number of carbonyl (C=O) groups excluding carboxylic acids is 1. The molecule has 1 fully saturated rings. The molecule has 0 saturated carbocycles. The van der Waals surface area contributed by atoms with E-state index in [0.717, 1.165) is 11.3 Å². The average Bonchev–Trinajstić information content (AvgIpc) is 3.23. The molecule has 1 aromatic rings. The van der Waals surface area contributed by atoms with Gasteiger partial charge in [0.05, 0.1) is 5.41 Å². The molecule has 3 rings (SSSR count). The first-order valence-corrected chi connectivity index (χ1v) is 9.16. The van der Waals surface area contributed by atoms with Crippen molar-refractivity contribution in [3.63, 3.8) is 0 Å². The Hall–Kier alpha value is -2.11. The first kappa shape index (κ1) is 20.6. The van der Waals surface area contributed by atoms with Crippen LogP contribution in [0.1, 0.15) is 31.7 Å². The molecule has 0 spiro atoms. The van der Waals surface area contributed by atoms with E-state index >= 15 is 0 Å². The number of hydrogen-bond donors (Lipinski definition) is 1. The first-order chi connectivity index (χ1) is 12.8. The number of nitrogens with one attached hydrogen (secondary N) is 1. The van der Waals surface area contributed by atoms with Crippen molar-refractivity contribution in [2.45, 2.75) is 45.1 Å². The second kappa shape index (κ2) is 6.75. The second-order valence-corrected chi connectivity index (χ2v) is 7.86. The molecular formula is C16H16F6N4OS. The van der Waals surface area contributed by atoms with E-state index < -0.39 is 29.7 Å². The highest BCUT2D eigenvalue weighted by atomic mass is 32.1. The van der Waals surface area contributed by atoms with Crippen LogP contribution in [0.5, 0.6) is 0 Å². The highest BCUT2D eigenvalue weighted by molar-refractivity contribution is 7.11. The number of aromatic nitrogens is 1. The molecule has 28 heavy (non-hydrogen) atoms. The van der Waals surface area contributed by atoms with Crippen LogP contribution < -0.4 is 5.32 Å². The first-order valence-electron chi connectivity index (χ1n) is 8.28. The van der Waals surface area contributed by atoms with E-state index in [1.165, 1.54) is 16.5 Å². The van der Waals surface area contributed by atoms with Crippen LogP contribution in [0, 0.1) is 5.41 Å². The molecule has 1 aromatic heterocycles. The predicted molar refractivity (Wildman–Crippen MR) is 91.8 cm³/mol. The molecule has 1 saturated heterocycles. The minimum Gasteiger partial charge on any atom is -0.347 e. The largest absolute Gasteiger partial charge is 0.471 e. The molecule has 5 nitrogen and oxygen atoms in total. The van der Waals surface area contributed by atoms with Crippen molar-refractivity contribution in [2.24, 2.45) is 10.4 Å². The summed E-state index contributed by atoms with van der Waals surface area (Å²) in [4.78, 5) is 20.4. The third-order valence-corrected chi connectivity index (χ3v) is 5.56. The fourth-order valence-electron chi connectivity index (χ4n) is 3.33. The maximum absolute atomic E-state index is 13.3. The number of alkyl halides is 6. The van der Waals surface area contributed by atoms with Gasteiger partial charge in [0, 0.05) is 23.7 Å². The van der Waals surface area contributed by atoms with Gasteiger partial charge in [-0.2, -0.15) is 26.3 Å². The molecule has 1 N–H and O–H groups in total. The highest BCUT2D eigenvalue weighted by Crippen LogP contribution is 2.45. The zero-order chi connectivity index (χ0) is 20.9. The molecule has 0 aromatic carbocycles. The summed E-state index contributed by atoms with van der Waals surface area (Å²) < 4.78 is 77.0. The minimum absolute atomic E-state index is 0.0151. The SMILES string of the molecule is CC1(C)C(c2nc(NC(=O)C(F)(F)F)cs2)=CN=C1N1CCC[C@H]1C(F)(F)F. The molecule has 0 aliphatic carbocycles. The lowest BCUT2D eigenvalue weighted by molar-refractivity contribution is -0.167. The Balaban J connectivity index is 1.79. The van der Waals surface area contributed by atoms with Crippen molar-refractivity contribution in [1.82, 2.24) is 9.88 Å². The maximum atomic E-state index is 13.3. The molecular weight excluding hydrogens is 410 g/mol. The van der Waals surface area contributed by atoms with Crippen molar-refractivity contribution < 1.29 is 31.1 Å².